The van der Waals surface area contributed by atoms with Gasteiger partial charge in [0, 0.05) is 45.3 Å². The van der Waals surface area contributed by atoms with E-state index in [-0.39, 0.29) is 29.7 Å². The van der Waals surface area contributed by atoms with Gasteiger partial charge in [0.15, 0.2) is 0 Å². The van der Waals surface area contributed by atoms with E-state index in [1.807, 2.05) is 4.90 Å². The molecule has 4 rings (SSSR count). The Labute approximate surface area is 175 Å². The van der Waals surface area contributed by atoms with Gasteiger partial charge in [0.2, 0.25) is 0 Å². The lowest BCUT2D eigenvalue weighted by Crippen LogP contribution is -2.43. The summed E-state index contributed by atoms with van der Waals surface area (Å²) in [6, 6.07) is 5.99. The van der Waals surface area contributed by atoms with Gasteiger partial charge in [-0.3, -0.25) is 9.59 Å². The second-order valence-electron chi connectivity index (χ2n) is 8.15. The van der Waals surface area contributed by atoms with Crippen molar-refractivity contribution in [1.29, 1.82) is 0 Å². The number of nitrogens with zero attached hydrogens (tertiary/aromatic N) is 3. The van der Waals surface area contributed by atoms with E-state index in [1.54, 1.807) is 26.2 Å². The molecule has 1 atom stereocenters. The van der Waals surface area contributed by atoms with Gasteiger partial charge in [-0.25, -0.2) is 9.37 Å². The first-order chi connectivity index (χ1) is 14.4. The van der Waals surface area contributed by atoms with Crippen LogP contribution >= 0.6 is 0 Å². The number of nitrogens with one attached hydrogen (secondary N) is 1. The second kappa shape index (κ2) is 8.55. The van der Waals surface area contributed by atoms with Crippen LogP contribution in [0, 0.1) is 5.82 Å². The highest BCUT2D eigenvalue weighted by Crippen LogP contribution is 2.31. The van der Waals surface area contributed by atoms with Crippen LogP contribution in [0.1, 0.15) is 47.9 Å². The largest absolute Gasteiger partial charge is 0.368 e. The lowest BCUT2D eigenvalue weighted by Gasteiger charge is -2.32. The van der Waals surface area contributed by atoms with Crippen molar-refractivity contribution in [3.8, 4) is 11.3 Å². The van der Waals surface area contributed by atoms with E-state index in [9.17, 15) is 14.0 Å². The van der Waals surface area contributed by atoms with Crippen molar-refractivity contribution in [2.75, 3.05) is 33.8 Å². The van der Waals surface area contributed by atoms with Crippen LogP contribution in [-0.4, -0.2) is 71.5 Å². The maximum Gasteiger partial charge on any atom is 0.272 e. The van der Waals surface area contributed by atoms with Gasteiger partial charge >= 0.3 is 0 Å². The third-order valence-corrected chi connectivity index (χ3v) is 5.86. The quantitative estimate of drug-likeness (QED) is 0.835. The monoisotopic (exact) mass is 414 g/mol. The van der Waals surface area contributed by atoms with E-state index in [1.165, 1.54) is 17.0 Å². The molecule has 7 nitrogen and oxygen atoms in total. The normalized spacial score (nSPS) is 19.8. The molecule has 0 aliphatic carbocycles. The smallest absolute Gasteiger partial charge is 0.272 e. The summed E-state index contributed by atoms with van der Waals surface area (Å²) in [6.07, 6.45) is 2.98. The highest BCUT2D eigenvalue weighted by Gasteiger charge is 2.32. The van der Waals surface area contributed by atoms with Crippen LogP contribution in [0.2, 0.25) is 0 Å². The molecule has 0 spiro atoms. The molecule has 1 unspecified atom stereocenters. The highest BCUT2D eigenvalue weighted by molar-refractivity contribution is 5.98. The Morgan fingerprint density at radius 1 is 1.17 bits per heavy atom. The van der Waals surface area contributed by atoms with Gasteiger partial charge in [0.1, 0.15) is 29.1 Å². The molecule has 2 aliphatic rings. The van der Waals surface area contributed by atoms with Gasteiger partial charge in [0.05, 0.1) is 0 Å². The van der Waals surface area contributed by atoms with Crippen molar-refractivity contribution in [3.63, 3.8) is 0 Å². The van der Waals surface area contributed by atoms with Crippen LogP contribution in [0.15, 0.2) is 24.3 Å². The number of piperidine rings is 1. The number of likely N-dealkylation sites (tertiary alicyclic amines) is 1. The molecule has 0 saturated carbocycles. The predicted octanol–water partition coefficient (Wildman–Crippen LogP) is 2.80. The minimum absolute atomic E-state index is 0.0841. The summed E-state index contributed by atoms with van der Waals surface area (Å²) < 4.78 is 18.9. The minimum atomic E-state index is -0.335. The third-order valence-electron chi connectivity index (χ3n) is 5.86. The number of carbonyl (C=O) groups excluding carboxylic acids is 2. The SMILES string of the molecule is CN(C)C(=O)c1[nH]c(C2CCN(C(=O)C3CCCO3)CC2)nc1-c1ccc(F)cc1. The molecule has 2 aromatic rings. The number of amides is 2. The molecule has 0 radical (unpaired) electrons. The summed E-state index contributed by atoms with van der Waals surface area (Å²) in [5.41, 5.74) is 1.62. The lowest BCUT2D eigenvalue weighted by molar-refractivity contribution is -0.142. The Morgan fingerprint density at radius 2 is 1.87 bits per heavy atom. The number of rotatable bonds is 4. The van der Waals surface area contributed by atoms with Gasteiger partial charge in [-0.1, -0.05) is 0 Å². The van der Waals surface area contributed by atoms with Gasteiger partial charge in [-0.05, 0) is 49.9 Å². The van der Waals surface area contributed by atoms with E-state index in [0.717, 1.165) is 31.5 Å². The van der Waals surface area contributed by atoms with E-state index in [4.69, 9.17) is 9.72 Å². The van der Waals surface area contributed by atoms with Gasteiger partial charge in [0.25, 0.3) is 11.8 Å². The number of hydrogen-bond donors (Lipinski definition) is 1. The molecule has 2 aliphatic heterocycles. The van der Waals surface area contributed by atoms with Gasteiger partial charge < -0.3 is 19.5 Å². The van der Waals surface area contributed by atoms with Crippen LogP contribution < -0.4 is 0 Å². The van der Waals surface area contributed by atoms with E-state index in [0.29, 0.717) is 36.6 Å². The van der Waals surface area contributed by atoms with Crippen molar-refractivity contribution in [2.45, 2.75) is 37.7 Å². The summed E-state index contributed by atoms with van der Waals surface area (Å²) in [6.45, 7) is 1.95. The zero-order valence-corrected chi connectivity index (χ0v) is 17.4. The van der Waals surface area contributed by atoms with Crippen molar-refractivity contribution < 1.29 is 18.7 Å². The highest BCUT2D eigenvalue weighted by atomic mass is 19.1. The van der Waals surface area contributed by atoms with Crippen molar-refractivity contribution >= 4 is 11.8 Å². The molecule has 2 amide bonds. The standard InChI is InChI=1S/C22H27FN4O3/c1-26(2)22(29)19-18(14-5-7-16(23)8-6-14)24-20(25-19)15-9-11-27(12-10-15)21(28)17-4-3-13-30-17/h5-8,15,17H,3-4,9-13H2,1-2H3,(H,24,25). The predicted molar refractivity (Wildman–Crippen MR) is 110 cm³/mol. The summed E-state index contributed by atoms with van der Waals surface area (Å²) in [5, 5.41) is 0. The molecule has 3 heterocycles. The molecule has 0 bridgehead atoms. The van der Waals surface area contributed by atoms with E-state index >= 15 is 0 Å². The summed E-state index contributed by atoms with van der Waals surface area (Å²) in [7, 11) is 3.37. The number of hydrogen-bond acceptors (Lipinski definition) is 4. The molecule has 160 valence electrons. The first-order valence-corrected chi connectivity index (χ1v) is 10.4. The number of aromatic nitrogens is 2. The van der Waals surface area contributed by atoms with Crippen LogP contribution in [0.4, 0.5) is 4.39 Å². The average molecular weight is 414 g/mol. The average Bonchev–Trinajstić information content (AvgIpc) is 3.44. The fourth-order valence-electron chi connectivity index (χ4n) is 4.13. The maximum absolute atomic E-state index is 13.4. The zero-order chi connectivity index (χ0) is 21.3. The molecule has 2 saturated heterocycles. The number of ether oxygens (including phenoxy) is 1. The van der Waals surface area contributed by atoms with Crippen LogP contribution in [0.25, 0.3) is 11.3 Å². The van der Waals surface area contributed by atoms with Crippen LogP contribution in [-0.2, 0) is 9.53 Å². The molecule has 8 heteroatoms. The Hall–Kier alpha value is -2.74. The summed E-state index contributed by atoms with van der Waals surface area (Å²) >= 11 is 0. The number of H-pyrrole nitrogens is 1. The lowest BCUT2D eigenvalue weighted by atomic mass is 9.95. The first-order valence-electron chi connectivity index (χ1n) is 10.4. The van der Waals surface area contributed by atoms with Crippen molar-refractivity contribution in [2.24, 2.45) is 0 Å². The van der Waals surface area contributed by atoms with E-state index < -0.39 is 0 Å². The number of benzene rings is 1. The molecular formula is C22H27FN4O3. The molecule has 2 fully saturated rings. The van der Waals surface area contributed by atoms with E-state index in [2.05, 4.69) is 4.98 Å². The third kappa shape index (κ3) is 4.09. The second-order valence-corrected chi connectivity index (χ2v) is 8.15. The maximum atomic E-state index is 13.4. The summed E-state index contributed by atoms with van der Waals surface area (Å²) in [4.78, 5) is 36.6. The topological polar surface area (TPSA) is 78.5 Å². The Bertz CT molecular complexity index is 911. The number of imidazole rings is 1. The molecule has 1 aromatic carbocycles. The van der Waals surface area contributed by atoms with Crippen LogP contribution in [0.5, 0.6) is 0 Å². The molecule has 1 aromatic heterocycles. The van der Waals surface area contributed by atoms with Crippen LogP contribution in [0.3, 0.4) is 0 Å². The minimum Gasteiger partial charge on any atom is -0.368 e. The molecule has 30 heavy (non-hydrogen) atoms. The van der Waals surface area contributed by atoms with Crippen molar-refractivity contribution in [1.82, 2.24) is 19.8 Å². The molecule has 1 N–H and O–H groups in total. The van der Waals surface area contributed by atoms with Gasteiger partial charge in [-0.2, -0.15) is 0 Å². The number of aromatic amines is 1. The Morgan fingerprint density at radius 3 is 2.47 bits per heavy atom. The number of carbonyl (C=O) groups is 2. The Balaban J connectivity index is 1.53. The molecular weight excluding hydrogens is 387 g/mol. The fourth-order valence-corrected chi connectivity index (χ4v) is 4.13. The number of halogens is 1. The van der Waals surface area contributed by atoms with Crippen molar-refractivity contribution in [3.05, 3.63) is 41.6 Å². The first kappa shape index (κ1) is 20.5. The van der Waals surface area contributed by atoms with Gasteiger partial charge in [-0.15, -0.1) is 0 Å². The Kier molecular flexibility index (Phi) is 5.85. The fraction of sp³-hybridized carbons (Fsp3) is 0.500. The zero-order valence-electron chi connectivity index (χ0n) is 17.4. The summed E-state index contributed by atoms with van der Waals surface area (Å²) in [5.74, 6) is 0.434.